The Hall–Kier alpha value is -1.85. The van der Waals surface area contributed by atoms with Gasteiger partial charge in [-0.1, -0.05) is 17.7 Å². The Morgan fingerprint density at radius 1 is 1.30 bits per heavy atom. The standard InChI is InChI=1S/C17H19ClN4O/c18-14-2-1-3-15(8-14)22-10-13(9-19-22)17(23)20-16-11-21-6-4-12(16)5-7-21/h1-3,8-10,12,16H,4-7,11H2,(H,20,23). The molecule has 1 aromatic heterocycles. The predicted octanol–water partition coefficient (Wildman–Crippen LogP) is 2.35. The number of nitrogens with zero attached hydrogens (tertiary/aromatic N) is 3. The molecule has 1 aromatic carbocycles. The summed E-state index contributed by atoms with van der Waals surface area (Å²) in [6.45, 7) is 3.31. The van der Waals surface area contributed by atoms with Crippen LogP contribution >= 0.6 is 11.6 Å². The summed E-state index contributed by atoms with van der Waals surface area (Å²) < 4.78 is 1.68. The largest absolute Gasteiger partial charge is 0.348 e. The van der Waals surface area contributed by atoms with Gasteiger partial charge in [0, 0.05) is 23.8 Å². The van der Waals surface area contributed by atoms with Crippen molar-refractivity contribution in [3.8, 4) is 5.69 Å². The van der Waals surface area contributed by atoms with Crippen molar-refractivity contribution in [2.75, 3.05) is 19.6 Å². The van der Waals surface area contributed by atoms with Gasteiger partial charge in [0.1, 0.15) is 0 Å². The molecule has 0 radical (unpaired) electrons. The van der Waals surface area contributed by atoms with Crippen molar-refractivity contribution in [1.29, 1.82) is 0 Å². The Morgan fingerprint density at radius 2 is 2.13 bits per heavy atom. The van der Waals surface area contributed by atoms with Gasteiger partial charge in [-0.2, -0.15) is 5.10 Å². The van der Waals surface area contributed by atoms with Gasteiger partial charge in [-0.25, -0.2) is 4.68 Å². The Labute approximate surface area is 140 Å². The van der Waals surface area contributed by atoms with E-state index in [1.54, 1.807) is 17.1 Å². The molecule has 6 heteroatoms. The second kappa shape index (κ2) is 5.98. The van der Waals surface area contributed by atoms with Gasteiger partial charge in [-0.05, 0) is 50.0 Å². The molecule has 2 aromatic rings. The molecule has 3 aliphatic heterocycles. The third-order valence-electron chi connectivity index (χ3n) is 4.89. The number of carbonyl (C=O) groups is 1. The molecule has 0 saturated carbocycles. The number of piperidine rings is 3. The molecule has 3 saturated heterocycles. The molecular formula is C17H19ClN4O. The normalized spacial score (nSPS) is 26.2. The van der Waals surface area contributed by atoms with Crippen molar-refractivity contribution >= 4 is 17.5 Å². The molecular weight excluding hydrogens is 312 g/mol. The molecule has 23 heavy (non-hydrogen) atoms. The molecule has 0 spiro atoms. The highest BCUT2D eigenvalue weighted by Crippen LogP contribution is 2.27. The Bertz CT molecular complexity index is 721. The van der Waals surface area contributed by atoms with Crippen LogP contribution in [0.1, 0.15) is 23.2 Å². The lowest BCUT2D eigenvalue weighted by molar-refractivity contribution is 0.0620. The van der Waals surface area contributed by atoms with Crippen LogP contribution in [0.2, 0.25) is 5.02 Å². The highest BCUT2D eigenvalue weighted by Gasteiger charge is 2.35. The molecule has 3 fully saturated rings. The number of rotatable bonds is 3. The van der Waals surface area contributed by atoms with Gasteiger partial charge >= 0.3 is 0 Å². The number of benzene rings is 1. The summed E-state index contributed by atoms with van der Waals surface area (Å²) >= 11 is 6.00. The maximum absolute atomic E-state index is 12.5. The fourth-order valence-electron chi connectivity index (χ4n) is 3.58. The number of hydrogen-bond acceptors (Lipinski definition) is 3. The number of carbonyl (C=O) groups excluding carboxylic acids is 1. The fourth-order valence-corrected chi connectivity index (χ4v) is 3.76. The molecule has 2 bridgehead atoms. The van der Waals surface area contributed by atoms with E-state index in [1.807, 2.05) is 24.3 Å². The zero-order valence-corrected chi connectivity index (χ0v) is 13.5. The minimum Gasteiger partial charge on any atom is -0.348 e. The summed E-state index contributed by atoms with van der Waals surface area (Å²) in [5, 5.41) is 8.11. The van der Waals surface area contributed by atoms with Gasteiger partial charge in [-0.15, -0.1) is 0 Å². The van der Waals surface area contributed by atoms with Gasteiger partial charge in [0.25, 0.3) is 5.91 Å². The van der Waals surface area contributed by atoms with Crippen LogP contribution in [-0.2, 0) is 0 Å². The topological polar surface area (TPSA) is 50.2 Å². The number of nitrogens with one attached hydrogen (secondary N) is 1. The van der Waals surface area contributed by atoms with E-state index in [4.69, 9.17) is 11.6 Å². The lowest BCUT2D eigenvalue weighted by Gasteiger charge is -2.44. The molecule has 1 amide bonds. The second-order valence-electron chi connectivity index (χ2n) is 6.37. The van der Waals surface area contributed by atoms with E-state index in [9.17, 15) is 4.79 Å². The van der Waals surface area contributed by atoms with Crippen molar-refractivity contribution in [2.24, 2.45) is 5.92 Å². The molecule has 5 rings (SSSR count). The van der Waals surface area contributed by atoms with Crippen molar-refractivity contribution in [1.82, 2.24) is 20.0 Å². The summed E-state index contributed by atoms with van der Waals surface area (Å²) in [4.78, 5) is 14.9. The lowest BCUT2D eigenvalue weighted by atomic mass is 9.84. The Morgan fingerprint density at radius 3 is 2.83 bits per heavy atom. The SMILES string of the molecule is O=C(NC1CN2CCC1CC2)c1cnn(-c2cccc(Cl)c2)c1. The van der Waals surface area contributed by atoms with E-state index < -0.39 is 0 Å². The maximum Gasteiger partial charge on any atom is 0.254 e. The smallest absolute Gasteiger partial charge is 0.254 e. The maximum atomic E-state index is 12.5. The van der Waals surface area contributed by atoms with E-state index in [1.165, 1.54) is 25.9 Å². The molecule has 5 nitrogen and oxygen atoms in total. The minimum atomic E-state index is -0.0444. The Kier molecular flexibility index (Phi) is 3.83. The number of aromatic nitrogens is 2. The second-order valence-corrected chi connectivity index (χ2v) is 6.81. The van der Waals surface area contributed by atoms with Crippen LogP contribution in [0, 0.1) is 5.92 Å². The van der Waals surface area contributed by atoms with Crippen molar-refractivity contribution in [3.05, 3.63) is 47.2 Å². The number of hydrogen-bond donors (Lipinski definition) is 1. The van der Waals surface area contributed by atoms with E-state index in [0.29, 0.717) is 16.5 Å². The Balaban J connectivity index is 1.47. The van der Waals surface area contributed by atoms with Crippen molar-refractivity contribution < 1.29 is 4.79 Å². The van der Waals surface area contributed by atoms with E-state index >= 15 is 0 Å². The summed E-state index contributed by atoms with van der Waals surface area (Å²) in [6, 6.07) is 7.68. The first-order chi connectivity index (χ1) is 11.2. The number of amides is 1. The summed E-state index contributed by atoms with van der Waals surface area (Å²) in [6.07, 6.45) is 5.74. The summed E-state index contributed by atoms with van der Waals surface area (Å²) in [5.74, 6) is 0.573. The number of halogens is 1. The van der Waals surface area contributed by atoms with Gasteiger partial charge in [-0.3, -0.25) is 4.79 Å². The molecule has 120 valence electrons. The van der Waals surface area contributed by atoms with E-state index in [-0.39, 0.29) is 11.9 Å². The van der Waals surface area contributed by atoms with E-state index in [0.717, 1.165) is 12.2 Å². The van der Waals surface area contributed by atoms with E-state index in [2.05, 4.69) is 15.3 Å². The van der Waals surface area contributed by atoms with Crippen LogP contribution in [0.3, 0.4) is 0 Å². The molecule has 1 atom stereocenters. The molecule has 1 N–H and O–H groups in total. The van der Waals surface area contributed by atoms with Crippen molar-refractivity contribution in [2.45, 2.75) is 18.9 Å². The zero-order valence-electron chi connectivity index (χ0n) is 12.8. The molecule has 0 aliphatic carbocycles. The quantitative estimate of drug-likeness (QED) is 0.940. The minimum absolute atomic E-state index is 0.0444. The highest BCUT2D eigenvalue weighted by molar-refractivity contribution is 6.30. The predicted molar refractivity (Wildman–Crippen MR) is 89.0 cm³/mol. The average Bonchev–Trinajstić information content (AvgIpc) is 3.06. The van der Waals surface area contributed by atoms with Gasteiger partial charge in [0.2, 0.25) is 0 Å². The van der Waals surface area contributed by atoms with Crippen LogP contribution in [0.4, 0.5) is 0 Å². The van der Waals surface area contributed by atoms with Crippen molar-refractivity contribution in [3.63, 3.8) is 0 Å². The molecule has 1 unspecified atom stereocenters. The van der Waals surface area contributed by atoms with Gasteiger partial charge in [0.05, 0.1) is 17.4 Å². The zero-order chi connectivity index (χ0) is 15.8. The monoisotopic (exact) mass is 330 g/mol. The van der Waals surface area contributed by atoms with Crippen LogP contribution in [-0.4, -0.2) is 46.3 Å². The van der Waals surface area contributed by atoms with Crippen LogP contribution < -0.4 is 5.32 Å². The summed E-state index contributed by atoms with van der Waals surface area (Å²) in [5.41, 5.74) is 1.43. The first-order valence-corrected chi connectivity index (χ1v) is 8.41. The lowest BCUT2D eigenvalue weighted by Crippen LogP contribution is -2.57. The summed E-state index contributed by atoms with van der Waals surface area (Å²) in [7, 11) is 0. The first kappa shape index (κ1) is 14.7. The number of fused-ring (bicyclic) bond motifs is 3. The highest BCUT2D eigenvalue weighted by atomic mass is 35.5. The fraction of sp³-hybridized carbons (Fsp3) is 0.412. The van der Waals surface area contributed by atoms with Gasteiger partial charge < -0.3 is 10.2 Å². The van der Waals surface area contributed by atoms with Gasteiger partial charge in [0.15, 0.2) is 0 Å². The van der Waals surface area contributed by atoms with Crippen LogP contribution in [0.25, 0.3) is 5.69 Å². The van der Waals surface area contributed by atoms with Crippen LogP contribution in [0.15, 0.2) is 36.7 Å². The third kappa shape index (κ3) is 2.99. The molecule has 3 aliphatic rings. The molecule has 4 heterocycles. The van der Waals surface area contributed by atoms with Crippen LogP contribution in [0.5, 0.6) is 0 Å². The average molecular weight is 331 g/mol. The third-order valence-corrected chi connectivity index (χ3v) is 5.13. The first-order valence-electron chi connectivity index (χ1n) is 8.03.